The van der Waals surface area contributed by atoms with E-state index in [1.165, 1.54) is 6.26 Å². The zero-order chi connectivity index (χ0) is 13.3. The standard InChI is InChI=1S/C13H12ClNO2S/c1-18(16,17)11-4-2-3-9(7-11)12-6-5-10(15)8-13(12)14/h2-8H,15H2,1H3. The summed E-state index contributed by atoms with van der Waals surface area (Å²) in [6, 6.07) is 11.8. The molecule has 0 unspecified atom stereocenters. The summed E-state index contributed by atoms with van der Waals surface area (Å²) in [5.41, 5.74) is 7.71. The maximum atomic E-state index is 11.5. The molecule has 2 rings (SSSR count). The molecule has 0 aromatic heterocycles. The molecule has 0 aliphatic heterocycles. The van der Waals surface area contributed by atoms with Crippen LogP contribution in [0.5, 0.6) is 0 Å². The van der Waals surface area contributed by atoms with Crippen molar-refractivity contribution in [2.24, 2.45) is 0 Å². The van der Waals surface area contributed by atoms with Crippen LogP contribution in [0.1, 0.15) is 0 Å². The van der Waals surface area contributed by atoms with E-state index >= 15 is 0 Å². The quantitative estimate of drug-likeness (QED) is 0.861. The Morgan fingerprint density at radius 1 is 1.11 bits per heavy atom. The van der Waals surface area contributed by atoms with Crippen molar-refractivity contribution < 1.29 is 8.42 Å². The number of nitrogen functional groups attached to an aromatic ring is 1. The molecule has 0 aliphatic rings. The van der Waals surface area contributed by atoms with E-state index in [1.807, 2.05) is 6.07 Å². The first-order valence-electron chi connectivity index (χ1n) is 5.23. The van der Waals surface area contributed by atoms with Crippen LogP contribution in [0, 0.1) is 0 Å². The van der Waals surface area contributed by atoms with Crippen molar-refractivity contribution >= 4 is 27.1 Å². The monoisotopic (exact) mass is 281 g/mol. The van der Waals surface area contributed by atoms with Gasteiger partial charge in [0.2, 0.25) is 0 Å². The van der Waals surface area contributed by atoms with Crippen LogP contribution < -0.4 is 5.73 Å². The highest BCUT2D eigenvalue weighted by Gasteiger charge is 2.10. The molecule has 2 N–H and O–H groups in total. The number of nitrogens with two attached hydrogens (primary N) is 1. The van der Waals surface area contributed by atoms with E-state index in [0.717, 1.165) is 11.1 Å². The smallest absolute Gasteiger partial charge is 0.175 e. The highest BCUT2D eigenvalue weighted by Crippen LogP contribution is 2.30. The molecular formula is C13H12ClNO2S. The third-order valence-corrected chi connectivity index (χ3v) is 3.99. The molecule has 0 aliphatic carbocycles. The van der Waals surface area contributed by atoms with Crippen molar-refractivity contribution in [3.05, 3.63) is 47.5 Å². The molecule has 0 radical (unpaired) electrons. The number of rotatable bonds is 2. The molecule has 3 nitrogen and oxygen atoms in total. The van der Waals surface area contributed by atoms with E-state index in [2.05, 4.69) is 0 Å². The van der Waals surface area contributed by atoms with Crippen molar-refractivity contribution in [1.29, 1.82) is 0 Å². The van der Waals surface area contributed by atoms with Crippen LogP contribution in [-0.4, -0.2) is 14.7 Å². The average molecular weight is 282 g/mol. The Kier molecular flexibility index (Phi) is 3.32. The maximum absolute atomic E-state index is 11.5. The number of hydrogen-bond acceptors (Lipinski definition) is 3. The van der Waals surface area contributed by atoms with Crippen molar-refractivity contribution in [2.45, 2.75) is 4.90 Å². The lowest BCUT2D eigenvalue weighted by Crippen LogP contribution is -1.97. The van der Waals surface area contributed by atoms with Gasteiger partial charge in [0.25, 0.3) is 0 Å². The normalized spacial score (nSPS) is 11.4. The van der Waals surface area contributed by atoms with E-state index in [1.54, 1.807) is 36.4 Å². The van der Waals surface area contributed by atoms with Crippen LogP contribution >= 0.6 is 11.6 Å². The summed E-state index contributed by atoms with van der Waals surface area (Å²) in [4.78, 5) is 0.271. The van der Waals surface area contributed by atoms with Gasteiger partial charge >= 0.3 is 0 Å². The number of sulfone groups is 1. The highest BCUT2D eigenvalue weighted by molar-refractivity contribution is 7.90. The summed E-state index contributed by atoms with van der Waals surface area (Å²) < 4.78 is 23.0. The van der Waals surface area contributed by atoms with Crippen molar-refractivity contribution in [3.8, 4) is 11.1 Å². The molecule has 0 saturated heterocycles. The third kappa shape index (κ3) is 2.66. The zero-order valence-electron chi connectivity index (χ0n) is 9.72. The molecule has 0 bridgehead atoms. The largest absolute Gasteiger partial charge is 0.399 e. The Hall–Kier alpha value is -1.52. The summed E-state index contributed by atoms with van der Waals surface area (Å²) in [6.07, 6.45) is 1.18. The van der Waals surface area contributed by atoms with Gasteiger partial charge in [0, 0.05) is 17.5 Å². The summed E-state index contributed by atoms with van der Waals surface area (Å²) in [5, 5.41) is 0.501. The first kappa shape index (κ1) is 12.9. The Bertz CT molecular complexity index is 696. The van der Waals surface area contributed by atoms with Crippen LogP contribution in [0.4, 0.5) is 5.69 Å². The lowest BCUT2D eigenvalue weighted by Gasteiger charge is -2.07. The Labute approximate surface area is 111 Å². The number of anilines is 1. The van der Waals surface area contributed by atoms with Gasteiger partial charge in [0.05, 0.1) is 9.92 Å². The summed E-state index contributed by atoms with van der Waals surface area (Å²) in [6.45, 7) is 0. The minimum Gasteiger partial charge on any atom is -0.399 e. The SMILES string of the molecule is CS(=O)(=O)c1cccc(-c2ccc(N)cc2Cl)c1. The molecule has 2 aromatic rings. The molecule has 5 heteroatoms. The Morgan fingerprint density at radius 2 is 1.83 bits per heavy atom. The molecule has 0 spiro atoms. The molecule has 18 heavy (non-hydrogen) atoms. The van der Waals surface area contributed by atoms with Gasteiger partial charge in [0.15, 0.2) is 9.84 Å². The molecule has 94 valence electrons. The second-order valence-electron chi connectivity index (χ2n) is 4.04. The molecule has 0 saturated carbocycles. The lowest BCUT2D eigenvalue weighted by molar-refractivity contribution is 0.602. The van der Waals surface area contributed by atoms with Gasteiger partial charge in [-0.15, -0.1) is 0 Å². The molecular weight excluding hydrogens is 270 g/mol. The van der Waals surface area contributed by atoms with Crippen LogP contribution in [0.3, 0.4) is 0 Å². The minimum absolute atomic E-state index is 0.271. The van der Waals surface area contributed by atoms with E-state index in [-0.39, 0.29) is 4.90 Å². The molecule has 0 fully saturated rings. The summed E-state index contributed by atoms with van der Waals surface area (Å²) in [5.74, 6) is 0. The molecule has 0 amide bonds. The van der Waals surface area contributed by atoms with E-state index < -0.39 is 9.84 Å². The van der Waals surface area contributed by atoms with Crippen molar-refractivity contribution in [3.63, 3.8) is 0 Å². The van der Waals surface area contributed by atoms with Gasteiger partial charge in [-0.1, -0.05) is 29.8 Å². The van der Waals surface area contributed by atoms with Crippen molar-refractivity contribution in [1.82, 2.24) is 0 Å². The topological polar surface area (TPSA) is 60.2 Å². The second-order valence-corrected chi connectivity index (χ2v) is 6.46. The van der Waals surface area contributed by atoms with Crippen LogP contribution in [-0.2, 0) is 9.84 Å². The fraction of sp³-hybridized carbons (Fsp3) is 0.0769. The fourth-order valence-electron chi connectivity index (χ4n) is 1.66. The van der Waals surface area contributed by atoms with Crippen LogP contribution in [0.2, 0.25) is 5.02 Å². The van der Waals surface area contributed by atoms with Gasteiger partial charge in [-0.25, -0.2) is 8.42 Å². The maximum Gasteiger partial charge on any atom is 0.175 e. The minimum atomic E-state index is -3.22. The predicted molar refractivity (Wildman–Crippen MR) is 74.4 cm³/mol. The number of hydrogen-bond donors (Lipinski definition) is 1. The molecule has 2 aromatic carbocycles. The van der Waals surface area contributed by atoms with Crippen LogP contribution in [0.25, 0.3) is 11.1 Å². The highest BCUT2D eigenvalue weighted by atomic mass is 35.5. The zero-order valence-corrected chi connectivity index (χ0v) is 11.3. The Morgan fingerprint density at radius 3 is 2.44 bits per heavy atom. The lowest BCUT2D eigenvalue weighted by atomic mass is 10.1. The number of halogens is 1. The fourth-order valence-corrected chi connectivity index (χ4v) is 2.62. The summed E-state index contributed by atoms with van der Waals surface area (Å²) >= 11 is 6.10. The predicted octanol–water partition coefficient (Wildman–Crippen LogP) is 2.99. The molecule has 0 heterocycles. The van der Waals surface area contributed by atoms with Crippen molar-refractivity contribution in [2.75, 3.05) is 12.0 Å². The van der Waals surface area contributed by atoms with Gasteiger partial charge in [-0.05, 0) is 29.8 Å². The van der Waals surface area contributed by atoms with E-state index in [0.29, 0.717) is 10.7 Å². The Balaban J connectivity index is 2.58. The first-order chi connectivity index (χ1) is 8.38. The van der Waals surface area contributed by atoms with Gasteiger partial charge in [-0.2, -0.15) is 0 Å². The third-order valence-electron chi connectivity index (χ3n) is 2.57. The van der Waals surface area contributed by atoms with Gasteiger partial charge in [-0.3, -0.25) is 0 Å². The number of benzene rings is 2. The van der Waals surface area contributed by atoms with E-state index in [9.17, 15) is 8.42 Å². The van der Waals surface area contributed by atoms with E-state index in [4.69, 9.17) is 17.3 Å². The first-order valence-corrected chi connectivity index (χ1v) is 7.50. The van der Waals surface area contributed by atoms with Gasteiger partial charge < -0.3 is 5.73 Å². The van der Waals surface area contributed by atoms with Crippen LogP contribution in [0.15, 0.2) is 47.4 Å². The second kappa shape index (κ2) is 4.63. The molecule has 0 atom stereocenters. The van der Waals surface area contributed by atoms with Gasteiger partial charge in [0.1, 0.15) is 0 Å². The summed E-state index contributed by atoms with van der Waals surface area (Å²) in [7, 11) is -3.22. The average Bonchev–Trinajstić information content (AvgIpc) is 2.28.